The maximum absolute atomic E-state index is 11.5. The van der Waals surface area contributed by atoms with Gasteiger partial charge in [0.25, 0.3) is 0 Å². The number of hydrogen-bond donors (Lipinski definition) is 0. The second-order valence-corrected chi connectivity index (χ2v) is 6.32. The minimum atomic E-state index is -2.93. The fraction of sp³-hybridized carbons (Fsp3) is 0.833. The number of thiocarbonyl (C=S) groups is 1. The lowest BCUT2D eigenvalue weighted by Gasteiger charge is -2.12. The second-order valence-electron chi connectivity index (χ2n) is 1.94. The van der Waals surface area contributed by atoms with Crippen molar-refractivity contribution in [3.8, 4) is 0 Å². The van der Waals surface area contributed by atoms with Gasteiger partial charge in [-0.25, -0.2) is 0 Å². The smallest absolute Gasteiger partial charge is 0.312 e. The van der Waals surface area contributed by atoms with Crippen molar-refractivity contribution in [1.82, 2.24) is 0 Å². The maximum atomic E-state index is 11.5. The summed E-state index contributed by atoms with van der Waals surface area (Å²) in [7, 11) is -0.200. The fourth-order valence-electron chi connectivity index (χ4n) is 0.568. The van der Waals surface area contributed by atoms with Crippen molar-refractivity contribution in [2.45, 2.75) is 6.92 Å². The zero-order valence-corrected chi connectivity index (χ0v) is 9.93. The summed E-state index contributed by atoms with van der Waals surface area (Å²) < 4.78 is 21.6. The first-order chi connectivity index (χ1) is 5.58. The molecule has 0 unspecified atom stereocenters. The molecule has 0 fully saturated rings. The molecule has 0 heterocycles. The average Bonchev–Trinajstić information content (AvgIpc) is 2.05. The molecule has 0 radical (unpaired) electrons. The summed E-state index contributed by atoms with van der Waals surface area (Å²) in [6, 6.07) is 0. The van der Waals surface area contributed by atoms with E-state index in [9.17, 15) is 4.57 Å². The molecule has 0 aliphatic rings. The predicted molar refractivity (Wildman–Crippen MR) is 57.2 cm³/mol. The van der Waals surface area contributed by atoms with Crippen molar-refractivity contribution in [1.29, 1.82) is 0 Å². The molecule has 0 aromatic rings. The Hall–Kier alpha value is 0.590. The van der Waals surface area contributed by atoms with Gasteiger partial charge in [-0.15, -0.1) is 11.8 Å². The van der Waals surface area contributed by atoms with Crippen LogP contribution in [0.4, 0.5) is 0 Å². The molecule has 0 amide bonds. The topological polar surface area (TPSA) is 35.5 Å². The zero-order chi connectivity index (χ0) is 9.61. The summed E-state index contributed by atoms with van der Waals surface area (Å²) in [6.45, 7) is 1.99. The van der Waals surface area contributed by atoms with Crippen LogP contribution in [0.25, 0.3) is 0 Å². The van der Waals surface area contributed by atoms with E-state index in [1.54, 1.807) is 0 Å². The lowest BCUT2D eigenvalue weighted by Crippen LogP contribution is -2.02. The van der Waals surface area contributed by atoms with Crippen LogP contribution in [-0.4, -0.2) is 30.3 Å². The van der Waals surface area contributed by atoms with Crippen LogP contribution in [0.15, 0.2) is 0 Å². The van der Waals surface area contributed by atoms with Crippen LogP contribution in [0.2, 0.25) is 0 Å². The Balaban J connectivity index is 4.03. The van der Waals surface area contributed by atoms with Gasteiger partial charge in [0.2, 0.25) is 0 Å². The molecular weight excluding hydrogens is 215 g/mol. The molecule has 12 heavy (non-hydrogen) atoms. The van der Waals surface area contributed by atoms with Gasteiger partial charge < -0.3 is 9.05 Å². The predicted octanol–water partition coefficient (Wildman–Crippen LogP) is 2.55. The molecule has 0 saturated heterocycles. The van der Waals surface area contributed by atoms with Crippen molar-refractivity contribution < 1.29 is 13.6 Å². The zero-order valence-electron chi connectivity index (χ0n) is 7.40. The quantitative estimate of drug-likeness (QED) is 0.534. The monoisotopic (exact) mass is 228 g/mol. The van der Waals surface area contributed by atoms with Crippen molar-refractivity contribution >= 4 is 35.8 Å². The Labute approximate surface area is 82.7 Å². The van der Waals surface area contributed by atoms with Gasteiger partial charge in [0, 0.05) is 14.2 Å². The van der Waals surface area contributed by atoms with E-state index in [0.717, 1.165) is 5.75 Å². The third-order valence-corrected chi connectivity index (χ3v) is 4.68. The Kier molecular flexibility index (Phi) is 6.41. The second kappa shape index (κ2) is 6.11. The molecule has 0 aromatic heterocycles. The van der Waals surface area contributed by atoms with Crippen LogP contribution < -0.4 is 0 Å². The van der Waals surface area contributed by atoms with Crippen molar-refractivity contribution in [3.05, 3.63) is 0 Å². The highest BCUT2D eigenvalue weighted by Gasteiger charge is 2.22. The molecule has 0 rings (SSSR count). The van der Waals surface area contributed by atoms with E-state index < -0.39 is 7.60 Å². The first-order valence-corrected chi connectivity index (χ1v) is 6.56. The van der Waals surface area contributed by atoms with E-state index in [1.807, 2.05) is 6.92 Å². The van der Waals surface area contributed by atoms with Crippen molar-refractivity contribution in [2.24, 2.45) is 0 Å². The number of thioether (sulfide) groups is 1. The molecule has 0 aromatic carbocycles. The Bertz CT molecular complexity index is 187. The van der Waals surface area contributed by atoms with Crippen molar-refractivity contribution in [3.63, 3.8) is 0 Å². The molecule has 0 N–H and O–H groups in total. The van der Waals surface area contributed by atoms with Crippen LogP contribution in [0.3, 0.4) is 0 Å². The van der Waals surface area contributed by atoms with E-state index in [0.29, 0.717) is 4.20 Å². The highest BCUT2D eigenvalue weighted by molar-refractivity contribution is 8.23. The third kappa shape index (κ3) is 4.58. The summed E-state index contributed by atoms with van der Waals surface area (Å²) in [5.74, 6) is 0.881. The molecule has 0 aliphatic carbocycles. The molecule has 0 bridgehead atoms. The van der Waals surface area contributed by atoms with Gasteiger partial charge >= 0.3 is 7.60 Å². The van der Waals surface area contributed by atoms with E-state index in [4.69, 9.17) is 21.3 Å². The molecule has 0 saturated carbocycles. The molecule has 72 valence electrons. The van der Waals surface area contributed by atoms with Gasteiger partial charge in [-0.05, 0) is 5.75 Å². The SMILES string of the molecule is CCSC(=S)CP(=O)(OC)OC. The first-order valence-electron chi connectivity index (χ1n) is 3.44. The minimum Gasteiger partial charge on any atom is -0.312 e. The summed E-state index contributed by atoms with van der Waals surface area (Å²) in [5.41, 5.74) is 0. The lowest BCUT2D eigenvalue weighted by atomic mass is 10.9. The standard InChI is InChI=1S/C6H13O3PS2/c1-4-12-6(11)5-10(7,8-2)9-3/h4-5H2,1-3H3. The van der Waals surface area contributed by atoms with E-state index in [1.165, 1.54) is 26.0 Å². The van der Waals surface area contributed by atoms with Gasteiger partial charge in [-0.3, -0.25) is 4.57 Å². The minimum absolute atomic E-state index is 0.216. The van der Waals surface area contributed by atoms with Crippen LogP contribution in [0.5, 0.6) is 0 Å². The van der Waals surface area contributed by atoms with Crippen LogP contribution in [-0.2, 0) is 13.6 Å². The molecule has 3 nitrogen and oxygen atoms in total. The third-order valence-electron chi connectivity index (χ3n) is 1.18. The van der Waals surface area contributed by atoms with E-state index in [-0.39, 0.29) is 6.16 Å². The van der Waals surface area contributed by atoms with Crippen LogP contribution >= 0.6 is 31.6 Å². The first kappa shape index (κ1) is 12.6. The average molecular weight is 228 g/mol. The van der Waals surface area contributed by atoms with Gasteiger partial charge in [-0.2, -0.15) is 0 Å². The molecular formula is C6H13O3PS2. The summed E-state index contributed by atoms with van der Waals surface area (Å²) in [5, 5.41) is 0. The van der Waals surface area contributed by atoms with Gasteiger partial charge in [-0.1, -0.05) is 19.1 Å². The highest BCUT2D eigenvalue weighted by atomic mass is 32.2. The molecule has 0 spiro atoms. The van der Waals surface area contributed by atoms with Gasteiger partial charge in [0.05, 0.1) is 10.4 Å². The summed E-state index contributed by atoms with van der Waals surface area (Å²) in [6.07, 6.45) is 0.216. The van der Waals surface area contributed by atoms with E-state index >= 15 is 0 Å². The molecule has 0 atom stereocenters. The summed E-state index contributed by atoms with van der Waals surface area (Å²) >= 11 is 6.45. The fourth-order valence-corrected chi connectivity index (χ4v) is 3.28. The number of hydrogen-bond acceptors (Lipinski definition) is 5. The summed E-state index contributed by atoms with van der Waals surface area (Å²) in [4.78, 5) is 0. The largest absolute Gasteiger partial charge is 0.335 e. The van der Waals surface area contributed by atoms with Crippen LogP contribution in [0.1, 0.15) is 6.92 Å². The Morgan fingerprint density at radius 3 is 2.33 bits per heavy atom. The van der Waals surface area contributed by atoms with Gasteiger partial charge in [0.15, 0.2) is 0 Å². The Morgan fingerprint density at radius 2 is 2.00 bits per heavy atom. The van der Waals surface area contributed by atoms with Gasteiger partial charge in [0.1, 0.15) is 0 Å². The van der Waals surface area contributed by atoms with E-state index in [2.05, 4.69) is 0 Å². The number of rotatable bonds is 5. The normalized spacial score (nSPS) is 11.6. The lowest BCUT2D eigenvalue weighted by molar-refractivity contribution is 0.280. The molecule has 6 heteroatoms. The highest BCUT2D eigenvalue weighted by Crippen LogP contribution is 2.47. The van der Waals surface area contributed by atoms with Crippen molar-refractivity contribution in [2.75, 3.05) is 26.1 Å². The van der Waals surface area contributed by atoms with Crippen LogP contribution in [0, 0.1) is 0 Å². The maximum Gasteiger partial charge on any atom is 0.335 e. The molecule has 0 aliphatic heterocycles. The Morgan fingerprint density at radius 1 is 1.50 bits per heavy atom.